The summed E-state index contributed by atoms with van der Waals surface area (Å²) in [7, 11) is 1.60. The molecule has 0 radical (unpaired) electrons. The quantitative estimate of drug-likeness (QED) is 0.688. The monoisotopic (exact) mass is 223 g/mol. The lowest BCUT2D eigenvalue weighted by Gasteiger charge is -2.10. The molecule has 0 aliphatic rings. The van der Waals surface area contributed by atoms with Crippen LogP contribution in [-0.2, 0) is 11.3 Å². The lowest BCUT2D eigenvalue weighted by Crippen LogP contribution is -2.23. The fourth-order valence-electron chi connectivity index (χ4n) is 1.60. The van der Waals surface area contributed by atoms with Crippen LogP contribution in [0.15, 0.2) is 24.3 Å². The van der Waals surface area contributed by atoms with E-state index in [4.69, 9.17) is 4.74 Å². The highest BCUT2D eigenvalue weighted by molar-refractivity contribution is 5.21. The molecular formula is C13H21NO2. The number of ether oxygens (including phenoxy) is 1. The first-order valence-electron chi connectivity index (χ1n) is 5.65. The van der Waals surface area contributed by atoms with Crippen LogP contribution in [0.4, 0.5) is 0 Å². The van der Waals surface area contributed by atoms with Crippen molar-refractivity contribution in [1.82, 2.24) is 5.32 Å². The van der Waals surface area contributed by atoms with E-state index in [9.17, 15) is 5.11 Å². The first-order valence-corrected chi connectivity index (χ1v) is 5.65. The molecule has 3 nitrogen and oxygen atoms in total. The van der Waals surface area contributed by atoms with Crippen molar-refractivity contribution in [3.05, 3.63) is 35.4 Å². The maximum Gasteiger partial charge on any atom is 0.0785 e. The van der Waals surface area contributed by atoms with Crippen molar-refractivity contribution in [2.24, 2.45) is 0 Å². The molecule has 16 heavy (non-hydrogen) atoms. The van der Waals surface area contributed by atoms with Gasteiger partial charge >= 0.3 is 0 Å². The van der Waals surface area contributed by atoms with E-state index < -0.39 is 0 Å². The van der Waals surface area contributed by atoms with Crippen LogP contribution in [0.1, 0.15) is 17.5 Å². The Kier molecular flexibility index (Phi) is 6.08. The minimum atomic E-state index is -0.366. The van der Waals surface area contributed by atoms with Gasteiger partial charge in [-0.3, -0.25) is 0 Å². The molecule has 0 spiro atoms. The molecule has 1 rings (SSSR count). The van der Waals surface area contributed by atoms with E-state index in [0.29, 0.717) is 6.61 Å². The molecule has 1 atom stereocenters. The summed E-state index contributed by atoms with van der Waals surface area (Å²) >= 11 is 0. The van der Waals surface area contributed by atoms with Crippen molar-refractivity contribution in [3.63, 3.8) is 0 Å². The summed E-state index contributed by atoms with van der Waals surface area (Å²) in [5.41, 5.74) is 2.56. The molecule has 90 valence electrons. The molecule has 1 aromatic rings. The van der Waals surface area contributed by atoms with Gasteiger partial charge in [-0.05, 0) is 25.5 Å². The summed E-state index contributed by atoms with van der Waals surface area (Å²) in [5.74, 6) is 0. The number of aryl methyl sites for hydroxylation is 1. The first-order chi connectivity index (χ1) is 7.72. The average molecular weight is 223 g/mol. The smallest absolute Gasteiger partial charge is 0.0785 e. The predicted octanol–water partition coefficient (Wildman–Crippen LogP) is 1.48. The number of nitrogens with one attached hydrogen (secondary N) is 1. The molecule has 0 bridgehead atoms. The number of aliphatic hydroxyl groups excluding tert-OH is 1. The largest absolute Gasteiger partial charge is 0.391 e. The molecule has 0 amide bonds. The zero-order chi connectivity index (χ0) is 11.8. The Hall–Kier alpha value is -0.900. The molecule has 0 heterocycles. The van der Waals surface area contributed by atoms with Crippen molar-refractivity contribution in [1.29, 1.82) is 0 Å². The van der Waals surface area contributed by atoms with Crippen LogP contribution < -0.4 is 5.32 Å². The number of methoxy groups -OCH3 is 1. The molecular weight excluding hydrogens is 202 g/mol. The van der Waals surface area contributed by atoms with Crippen molar-refractivity contribution >= 4 is 0 Å². The number of hydrogen-bond acceptors (Lipinski definition) is 3. The second-order valence-corrected chi connectivity index (χ2v) is 4.06. The van der Waals surface area contributed by atoms with Crippen molar-refractivity contribution < 1.29 is 9.84 Å². The second kappa shape index (κ2) is 7.39. The van der Waals surface area contributed by atoms with E-state index in [0.717, 1.165) is 19.5 Å². The minimum Gasteiger partial charge on any atom is -0.391 e. The van der Waals surface area contributed by atoms with Crippen molar-refractivity contribution in [3.8, 4) is 0 Å². The lowest BCUT2D eigenvalue weighted by molar-refractivity contribution is 0.0594. The second-order valence-electron chi connectivity index (χ2n) is 4.06. The topological polar surface area (TPSA) is 41.5 Å². The Balaban J connectivity index is 2.16. The van der Waals surface area contributed by atoms with E-state index >= 15 is 0 Å². The standard InChI is InChI=1S/C13H21NO2/c1-11-4-3-5-12(8-11)9-14-7-6-13(15)10-16-2/h3-5,8,13-15H,6-7,9-10H2,1-2H3. The first kappa shape index (κ1) is 13.2. The average Bonchev–Trinajstić information content (AvgIpc) is 2.25. The van der Waals surface area contributed by atoms with Crippen LogP contribution >= 0.6 is 0 Å². The van der Waals surface area contributed by atoms with Crippen LogP contribution in [0.2, 0.25) is 0 Å². The summed E-state index contributed by atoms with van der Waals surface area (Å²) in [5, 5.41) is 12.7. The van der Waals surface area contributed by atoms with Crippen LogP contribution in [0.3, 0.4) is 0 Å². The molecule has 0 aliphatic carbocycles. The Morgan fingerprint density at radius 1 is 1.44 bits per heavy atom. The summed E-state index contributed by atoms with van der Waals surface area (Å²) in [6.07, 6.45) is 0.356. The lowest BCUT2D eigenvalue weighted by atomic mass is 10.1. The van der Waals surface area contributed by atoms with Gasteiger partial charge in [-0.2, -0.15) is 0 Å². The molecule has 3 heteroatoms. The van der Waals surface area contributed by atoms with Gasteiger partial charge in [-0.15, -0.1) is 0 Å². The Labute approximate surface area is 97.4 Å². The SMILES string of the molecule is COCC(O)CCNCc1cccc(C)c1. The molecule has 1 unspecified atom stereocenters. The Bertz CT molecular complexity index is 302. The van der Waals surface area contributed by atoms with E-state index in [2.05, 4.69) is 36.5 Å². The summed E-state index contributed by atoms with van der Waals surface area (Å²) in [6, 6.07) is 8.42. The molecule has 0 aromatic heterocycles. The van der Waals surface area contributed by atoms with Gasteiger partial charge in [0.2, 0.25) is 0 Å². The maximum atomic E-state index is 9.43. The van der Waals surface area contributed by atoms with E-state index in [1.54, 1.807) is 7.11 Å². The highest BCUT2D eigenvalue weighted by Crippen LogP contribution is 2.03. The highest BCUT2D eigenvalue weighted by atomic mass is 16.5. The van der Waals surface area contributed by atoms with Gasteiger partial charge in [-0.1, -0.05) is 29.8 Å². The van der Waals surface area contributed by atoms with Crippen molar-refractivity contribution in [2.45, 2.75) is 26.0 Å². The van der Waals surface area contributed by atoms with Crippen LogP contribution in [-0.4, -0.2) is 31.5 Å². The van der Waals surface area contributed by atoms with Gasteiger partial charge < -0.3 is 15.2 Å². The Morgan fingerprint density at radius 3 is 2.94 bits per heavy atom. The molecule has 2 N–H and O–H groups in total. The number of rotatable bonds is 7. The third kappa shape index (κ3) is 5.26. The predicted molar refractivity (Wildman–Crippen MR) is 65.4 cm³/mol. The molecule has 0 fully saturated rings. The van der Waals surface area contributed by atoms with Crippen molar-refractivity contribution in [2.75, 3.05) is 20.3 Å². The number of hydrogen-bond donors (Lipinski definition) is 2. The zero-order valence-electron chi connectivity index (χ0n) is 10.1. The van der Waals surface area contributed by atoms with Gasteiger partial charge in [0, 0.05) is 13.7 Å². The van der Waals surface area contributed by atoms with E-state index in [-0.39, 0.29) is 6.10 Å². The maximum absolute atomic E-state index is 9.43. The van der Waals surface area contributed by atoms with Crippen LogP contribution in [0.5, 0.6) is 0 Å². The van der Waals surface area contributed by atoms with E-state index in [1.807, 2.05) is 0 Å². The van der Waals surface area contributed by atoms with Crippen LogP contribution in [0, 0.1) is 6.92 Å². The van der Waals surface area contributed by atoms with E-state index in [1.165, 1.54) is 11.1 Å². The highest BCUT2D eigenvalue weighted by Gasteiger charge is 2.02. The van der Waals surface area contributed by atoms with Gasteiger partial charge in [0.1, 0.15) is 0 Å². The normalized spacial score (nSPS) is 12.7. The van der Waals surface area contributed by atoms with Gasteiger partial charge in [0.25, 0.3) is 0 Å². The summed E-state index contributed by atoms with van der Waals surface area (Å²) in [4.78, 5) is 0. The third-order valence-corrected chi connectivity index (χ3v) is 2.42. The summed E-state index contributed by atoms with van der Waals surface area (Å²) in [6.45, 7) is 4.15. The van der Waals surface area contributed by atoms with Gasteiger partial charge in [-0.25, -0.2) is 0 Å². The zero-order valence-corrected chi connectivity index (χ0v) is 10.1. The minimum absolute atomic E-state index is 0.366. The molecule has 0 saturated carbocycles. The number of benzene rings is 1. The third-order valence-electron chi connectivity index (χ3n) is 2.42. The molecule has 0 aliphatic heterocycles. The Morgan fingerprint density at radius 2 is 2.25 bits per heavy atom. The van der Waals surface area contributed by atoms with Gasteiger partial charge in [0.05, 0.1) is 12.7 Å². The van der Waals surface area contributed by atoms with Gasteiger partial charge in [0.15, 0.2) is 0 Å². The fourth-order valence-corrected chi connectivity index (χ4v) is 1.60. The molecule has 0 saturated heterocycles. The van der Waals surface area contributed by atoms with Crippen LogP contribution in [0.25, 0.3) is 0 Å². The fraction of sp³-hybridized carbons (Fsp3) is 0.538. The molecule has 1 aromatic carbocycles. The number of aliphatic hydroxyl groups is 1. The summed E-state index contributed by atoms with van der Waals surface area (Å²) < 4.78 is 4.86.